The van der Waals surface area contributed by atoms with Crippen LogP contribution in [0.25, 0.3) is 0 Å². The molecule has 0 saturated heterocycles. The van der Waals surface area contributed by atoms with E-state index in [1.807, 2.05) is 25.1 Å². The second kappa shape index (κ2) is 6.85. The molecule has 114 valence electrons. The molecule has 0 unspecified atom stereocenters. The lowest BCUT2D eigenvalue weighted by molar-refractivity contribution is 0.0955. The van der Waals surface area contributed by atoms with Gasteiger partial charge in [0.25, 0.3) is 5.91 Å². The molecule has 2 aromatic carbocycles. The van der Waals surface area contributed by atoms with E-state index in [0.29, 0.717) is 17.0 Å². The molecule has 1 N–H and O–H groups in total. The molecule has 0 aliphatic heterocycles. The second-order valence-electron chi connectivity index (χ2n) is 4.85. The lowest BCUT2D eigenvalue weighted by Gasteiger charge is -2.09. The Balaban J connectivity index is 2.17. The molecule has 0 heterocycles. The van der Waals surface area contributed by atoms with Crippen molar-refractivity contribution < 1.29 is 13.9 Å². The monoisotopic (exact) mass is 300 g/mol. The highest BCUT2D eigenvalue weighted by Crippen LogP contribution is 2.20. The van der Waals surface area contributed by atoms with Crippen molar-refractivity contribution in [2.75, 3.05) is 7.11 Å². The molecule has 0 atom stereocenters. The van der Waals surface area contributed by atoms with Crippen LogP contribution >= 0.6 is 0 Å². The van der Waals surface area contributed by atoms with Gasteiger partial charge in [-0.1, -0.05) is 11.6 Å². The number of amides is 1. The van der Waals surface area contributed by atoms with Crippen LogP contribution in [0.4, 0.5) is 4.39 Å². The molecule has 0 aliphatic rings. The number of nitrogens with zero attached hydrogens (tertiary/aromatic N) is 1. The predicted octanol–water partition coefficient (Wildman–Crippen LogP) is 3.30. The fraction of sp³-hybridized carbons (Fsp3) is 0.176. The molecule has 0 bridgehead atoms. The van der Waals surface area contributed by atoms with Crippen molar-refractivity contribution in [1.29, 1.82) is 0 Å². The van der Waals surface area contributed by atoms with Crippen molar-refractivity contribution in [3.05, 3.63) is 65.0 Å². The van der Waals surface area contributed by atoms with Crippen molar-refractivity contribution in [2.45, 2.75) is 13.8 Å². The fourth-order valence-electron chi connectivity index (χ4n) is 1.97. The van der Waals surface area contributed by atoms with Crippen LogP contribution in [0.15, 0.2) is 47.6 Å². The van der Waals surface area contributed by atoms with Crippen LogP contribution in [0.5, 0.6) is 5.75 Å². The minimum atomic E-state index is -0.397. The summed E-state index contributed by atoms with van der Waals surface area (Å²) in [5.74, 6) is -0.102. The topological polar surface area (TPSA) is 50.7 Å². The van der Waals surface area contributed by atoms with Gasteiger partial charge in [0.1, 0.15) is 11.6 Å². The molecule has 0 aliphatic carbocycles. The second-order valence-corrected chi connectivity index (χ2v) is 4.85. The Morgan fingerprint density at radius 2 is 1.86 bits per heavy atom. The number of hydrogen-bond acceptors (Lipinski definition) is 3. The van der Waals surface area contributed by atoms with Crippen LogP contribution in [0.2, 0.25) is 0 Å². The maximum Gasteiger partial charge on any atom is 0.271 e. The van der Waals surface area contributed by atoms with Gasteiger partial charge in [-0.05, 0) is 50.2 Å². The van der Waals surface area contributed by atoms with E-state index in [-0.39, 0.29) is 5.82 Å². The van der Waals surface area contributed by atoms with Crippen LogP contribution in [0.1, 0.15) is 28.4 Å². The minimum absolute atomic E-state index is 0.342. The highest BCUT2D eigenvalue weighted by Gasteiger charge is 2.08. The van der Waals surface area contributed by atoms with Gasteiger partial charge in [0.2, 0.25) is 0 Å². The molecule has 0 spiro atoms. The van der Waals surface area contributed by atoms with Gasteiger partial charge in [-0.3, -0.25) is 4.79 Å². The van der Waals surface area contributed by atoms with Crippen molar-refractivity contribution in [1.82, 2.24) is 5.43 Å². The zero-order valence-electron chi connectivity index (χ0n) is 12.7. The third-order valence-electron chi connectivity index (χ3n) is 3.18. The average Bonchev–Trinajstić information content (AvgIpc) is 2.53. The van der Waals surface area contributed by atoms with Crippen LogP contribution in [-0.2, 0) is 0 Å². The predicted molar refractivity (Wildman–Crippen MR) is 83.8 cm³/mol. The van der Waals surface area contributed by atoms with E-state index >= 15 is 0 Å². The standard InChI is InChI=1S/C17H17FN2O2/c1-11-4-9-16(22-3)15(10-11)12(2)19-20-17(21)13-5-7-14(18)8-6-13/h4-10H,1-3H3,(H,20,21)/b19-12-. The van der Waals surface area contributed by atoms with Crippen molar-refractivity contribution >= 4 is 11.6 Å². The molecule has 0 aromatic heterocycles. The zero-order valence-corrected chi connectivity index (χ0v) is 12.7. The zero-order chi connectivity index (χ0) is 16.1. The first-order chi connectivity index (χ1) is 10.5. The van der Waals surface area contributed by atoms with Gasteiger partial charge in [0.15, 0.2) is 0 Å². The first-order valence-corrected chi connectivity index (χ1v) is 6.76. The number of benzene rings is 2. The Kier molecular flexibility index (Phi) is 4.88. The third-order valence-corrected chi connectivity index (χ3v) is 3.18. The first-order valence-electron chi connectivity index (χ1n) is 6.76. The summed E-state index contributed by atoms with van der Waals surface area (Å²) in [6.07, 6.45) is 0. The highest BCUT2D eigenvalue weighted by atomic mass is 19.1. The molecule has 2 rings (SSSR count). The Morgan fingerprint density at radius 3 is 2.50 bits per heavy atom. The molecule has 0 fully saturated rings. The number of carbonyl (C=O) groups is 1. The summed E-state index contributed by atoms with van der Waals surface area (Å²) in [6.45, 7) is 3.75. The number of halogens is 1. The normalized spacial score (nSPS) is 11.2. The summed E-state index contributed by atoms with van der Waals surface area (Å²) < 4.78 is 18.1. The lowest BCUT2D eigenvalue weighted by Crippen LogP contribution is -2.19. The lowest BCUT2D eigenvalue weighted by atomic mass is 10.1. The van der Waals surface area contributed by atoms with E-state index < -0.39 is 5.91 Å². The van der Waals surface area contributed by atoms with Gasteiger partial charge in [-0.2, -0.15) is 5.10 Å². The Bertz CT molecular complexity index is 709. The van der Waals surface area contributed by atoms with Crippen LogP contribution in [0, 0.1) is 12.7 Å². The van der Waals surface area contributed by atoms with E-state index in [2.05, 4.69) is 10.5 Å². The molecule has 4 nitrogen and oxygen atoms in total. The van der Waals surface area contributed by atoms with Gasteiger partial charge in [0, 0.05) is 11.1 Å². The molecular weight excluding hydrogens is 283 g/mol. The first kappa shape index (κ1) is 15.7. The van der Waals surface area contributed by atoms with Gasteiger partial charge < -0.3 is 4.74 Å². The van der Waals surface area contributed by atoms with E-state index in [1.165, 1.54) is 24.3 Å². The van der Waals surface area contributed by atoms with E-state index in [0.717, 1.165) is 11.1 Å². The summed E-state index contributed by atoms with van der Waals surface area (Å²) >= 11 is 0. The van der Waals surface area contributed by atoms with Crippen molar-refractivity contribution in [3.8, 4) is 5.75 Å². The van der Waals surface area contributed by atoms with Crippen LogP contribution < -0.4 is 10.2 Å². The van der Waals surface area contributed by atoms with E-state index in [1.54, 1.807) is 14.0 Å². The largest absolute Gasteiger partial charge is 0.496 e. The van der Waals surface area contributed by atoms with Gasteiger partial charge in [-0.15, -0.1) is 0 Å². The van der Waals surface area contributed by atoms with E-state index in [9.17, 15) is 9.18 Å². The number of hydrazone groups is 1. The fourth-order valence-corrected chi connectivity index (χ4v) is 1.97. The molecule has 5 heteroatoms. The molecular formula is C17H17FN2O2. The molecule has 1 amide bonds. The third kappa shape index (κ3) is 3.69. The number of carbonyl (C=O) groups excluding carboxylic acids is 1. The average molecular weight is 300 g/mol. The molecule has 2 aromatic rings. The Hall–Kier alpha value is -2.69. The van der Waals surface area contributed by atoms with Crippen molar-refractivity contribution in [3.63, 3.8) is 0 Å². The van der Waals surface area contributed by atoms with Crippen LogP contribution in [0.3, 0.4) is 0 Å². The van der Waals surface area contributed by atoms with Gasteiger partial charge in [-0.25, -0.2) is 9.82 Å². The Labute approximate surface area is 128 Å². The number of nitrogens with one attached hydrogen (secondary N) is 1. The summed E-state index contributed by atoms with van der Waals surface area (Å²) in [4.78, 5) is 11.9. The van der Waals surface area contributed by atoms with Crippen LogP contribution in [-0.4, -0.2) is 18.7 Å². The maximum absolute atomic E-state index is 12.8. The number of aryl methyl sites for hydroxylation is 1. The van der Waals surface area contributed by atoms with E-state index in [4.69, 9.17) is 4.74 Å². The summed E-state index contributed by atoms with van der Waals surface area (Å²) in [5, 5.41) is 4.09. The smallest absolute Gasteiger partial charge is 0.271 e. The molecule has 0 radical (unpaired) electrons. The SMILES string of the molecule is COc1ccc(C)cc1/C(C)=N\NC(=O)c1ccc(F)cc1. The van der Waals surface area contributed by atoms with Crippen molar-refractivity contribution in [2.24, 2.45) is 5.10 Å². The number of methoxy groups -OCH3 is 1. The Morgan fingerprint density at radius 1 is 1.18 bits per heavy atom. The highest BCUT2D eigenvalue weighted by molar-refractivity contribution is 6.02. The summed E-state index contributed by atoms with van der Waals surface area (Å²) in [7, 11) is 1.58. The summed E-state index contributed by atoms with van der Waals surface area (Å²) in [5.41, 5.74) is 5.29. The molecule has 0 saturated carbocycles. The number of ether oxygens (including phenoxy) is 1. The maximum atomic E-state index is 12.8. The quantitative estimate of drug-likeness (QED) is 0.696. The number of hydrogen-bond donors (Lipinski definition) is 1. The van der Waals surface area contributed by atoms with Gasteiger partial charge >= 0.3 is 0 Å². The minimum Gasteiger partial charge on any atom is -0.496 e. The molecule has 22 heavy (non-hydrogen) atoms. The number of rotatable bonds is 4. The summed E-state index contributed by atoms with van der Waals surface area (Å²) in [6, 6.07) is 11.0. The van der Waals surface area contributed by atoms with Gasteiger partial charge in [0.05, 0.1) is 12.8 Å².